The Morgan fingerprint density at radius 3 is 2.83 bits per heavy atom. The lowest BCUT2D eigenvalue weighted by molar-refractivity contribution is 0.364. The molecule has 2 N–H and O–H groups in total. The van der Waals surface area contributed by atoms with Crippen LogP contribution in [0.5, 0.6) is 0 Å². The number of nitrogens with zero attached hydrogens (tertiary/aromatic N) is 2. The summed E-state index contributed by atoms with van der Waals surface area (Å²) in [6, 6.07) is 3.68. The highest BCUT2D eigenvalue weighted by molar-refractivity contribution is 5.62. The third kappa shape index (κ3) is 2.09. The van der Waals surface area contributed by atoms with Crippen LogP contribution in [0.25, 0.3) is 12.2 Å². The summed E-state index contributed by atoms with van der Waals surface area (Å²) in [5.41, 5.74) is 5.85. The number of aromatic nitrogens is 2. The van der Waals surface area contributed by atoms with Crippen LogP contribution in [0, 0.1) is 0 Å². The van der Waals surface area contributed by atoms with Gasteiger partial charge in [-0.3, -0.25) is 0 Å². The zero-order chi connectivity index (χ0) is 12.4. The van der Waals surface area contributed by atoms with Crippen molar-refractivity contribution in [2.24, 2.45) is 5.73 Å². The van der Waals surface area contributed by atoms with E-state index in [2.05, 4.69) is 10.1 Å². The third-order valence-corrected chi connectivity index (χ3v) is 3.32. The molecule has 1 aliphatic rings. The standard InChI is InChI=1S/C13H15N3O2/c14-13(7-1-2-8-13)12-15-11(18-16-12)6-5-10-4-3-9-17-10/h3-6,9H,1-2,7-8,14H2/b6-5+. The molecule has 3 rings (SSSR count). The number of furan rings is 1. The molecule has 0 amide bonds. The van der Waals surface area contributed by atoms with Crippen LogP contribution in [0.2, 0.25) is 0 Å². The summed E-state index contributed by atoms with van der Waals surface area (Å²) in [6.07, 6.45) is 9.24. The molecule has 0 unspecified atom stereocenters. The molecule has 2 aromatic rings. The molecule has 0 spiro atoms. The van der Waals surface area contributed by atoms with Crippen LogP contribution in [0.15, 0.2) is 27.3 Å². The Morgan fingerprint density at radius 2 is 2.11 bits per heavy atom. The lowest BCUT2D eigenvalue weighted by Crippen LogP contribution is -2.34. The van der Waals surface area contributed by atoms with Gasteiger partial charge in [-0.15, -0.1) is 0 Å². The van der Waals surface area contributed by atoms with E-state index in [1.165, 1.54) is 0 Å². The van der Waals surface area contributed by atoms with Crippen molar-refractivity contribution in [2.45, 2.75) is 31.2 Å². The Balaban J connectivity index is 1.77. The van der Waals surface area contributed by atoms with Crippen molar-refractivity contribution >= 4 is 12.2 Å². The molecule has 0 atom stereocenters. The van der Waals surface area contributed by atoms with E-state index in [0.717, 1.165) is 31.4 Å². The molecule has 1 saturated carbocycles. The maximum absolute atomic E-state index is 6.26. The van der Waals surface area contributed by atoms with Gasteiger partial charge in [-0.1, -0.05) is 18.0 Å². The first-order valence-corrected chi connectivity index (χ1v) is 6.11. The molecule has 5 nitrogen and oxygen atoms in total. The Labute approximate surface area is 105 Å². The quantitative estimate of drug-likeness (QED) is 0.899. The van der Waals surface area contributed by atoms with E-state index >= 15 is 0 Å². The van der Waals surface area contributed by atoms with E-state index in [1.807, 2.05) is 12.1 Å². The fourth-order valence-corrected chi connectivity index (χ4v) is 2.27. The predicted octanol–water partition coefficient (Wildman–Crippen LogP) is 2.56. The summed E-state index contributed by atoms with van der Waals surface area (Å²) < 4.78 is 10.4. The second kappa shape index (κ2) is 4.42. The highest BCUT2D eigenvalue weighted by Crippen LogP contribution is 2.34. The van der Waals surface area contributed by atoms with Gasteiger partial charge in [0, 0.05) is 6.08 Å². The van der Waals surface area contributed by atoms with Crippen LogP contribution in [0.1, 0.15) is 43.2 Å². The molecule has 2 aromatic heterocycles. The summed E-state index contributed by atoms with van der Waals surface area (Å²) in [6.45, 7) is 0. The van der Waals surface area contributed by atoms with E-state index in [-0.39, 0.29) is 0 Å². The van der Waals surface area contributed by atoms with Crippen LogP contribution in [-0.4, -0.2) is 10.1 Å². The summed E-state index contributed by atoms with van der Waals surface area (Å²) in [7, 11) is 0. The van der Waals surface area contributed by atoms with Gasteiger partial charge in [-0.05, 0) is 31.1 Å². The molecule has 0 radical (unpaired) electrons. The number of nitrogens with two attached hydrogens (primary N) is 1. The smallest absolute Gasteiger partial charge is 0.250 e. The predicted molar refractivity (Wildman–Crippen MR) is 66.3 cm³/mol. The average molecular weight is 245 g/mol. The van der Waals surface area contributed by atoms with E-state index in [0.29, 0.717) is 11.7 Å². The topological polar surface area (TPSA) is 78.1 Å². The lowest BCUT2D eigenvalue weighted by Gasteiger charge is -2.17. The van der Waals surface area contributed by atoms with Crippen molar-refractivity contribution in [3.05, 3.63) is 35.9 Å². The van der Waals surface area contributed by atoms with Gasteiger partial charge in [0.1, 0.15) is 5.76 Å². The monoisotopic (exact) mass is 245 g/mol. The second-order valence-electron chi connectivity index (χ2n) is 4.67. The van der Waals surface area contributed by atoms with Gasteiger partial charge in [0.05, 0.1) is 11.8 Å². The van der Waals surface area contributed by atoms with Crippen molar-refractivity contribution in [3.8, 4) is 0 Å². The molecule has 0 aliphatic heterocycles. The van der Waals surface area contributed by atoms with Crippen LogP contribution in [0.3, 0.4) is 0 Å². The minimum Gasteiger partial charge on any atom is -0.465 e. The highest BCUT2D eigenvalue weighted by Gasteiger charge is 2.35. The molecule has 94 valence electrons. The van der Waals surface area contributed by atoms with Crippen molar-refractivity contribution < 1.29 is 8.94 Å². The van der Waals surface area contributed by atoms with E-state index < -0.39 is 5.54 Å². The molecule has 0 saturated heterocycles. The molecule has 18 heavy (non-hydrogen) atoms. The zero-order valence-electron chi connectivity index (χ0n) is 10.0. The minimum absolute atomic E-state index is 0.403. The van der Waals surface area contributed by atoms with Crippen LogP contribution >= 0.6 is 0 Å². The van der Waals surface area contributed by atoms with Gasteiger partial charge in [0.2, 0.25) is 0 Å². The molecule has 5 heteroatoms. The Hall–Kier alpha value is -1.88. The summed E-state index contributed by atoms with van der Waals surface area (Å²) in [4.78, 5) is 4.33. The van der Waals surface area contributed by atoms with Gasteiger partial charge in [-0.2, -0.15) is 4.98 Å². The molecule has 0 bridgehead atoms. The normalized spacial score (nSPS) is 18.7. The molecular formula is C13H15N3O2. The maximum atomic E-state index is 6.26. The van der Waals surface area contributed by atoms with Crippen molar-refractivity contribution in [1.82, 2.24) is 10.1 Å². The summed E-state index contributed by atoms with van der Waals surface area (Å²) in [5.74, 6) is 1.82. The summed E-state index contributed by atoms with van der Waals surface area (Å²) >= 11 is 0. The van der Waals surface area contributed by atoms with Gasteiger partial charge in [-0.25, -0.2) is 0 Å². The minimum atomic E-state index is -0.403. The van der Waals surface area contributed by atoms with Gasteiger partial charge in [0.15, 0.2) is 5.82 Å². The van der Waals surface area contributed by atoms with Crippen LogP contribution < -0.4 is 5.73 Å². The average Bonchev–Trinajstić information content (AvgIpc) is 3.08. The van der Waals surface area contributed by atoms with Gasteiger partial charge < -0.3 is 14.7 Å². The maximum Gasteiger partial charge on any atom is 0.250 e. The molecule has 0 aromatic carbocycles. The first-order valence-electron chi connectivity index (χ1n) is 6.11. The lowest BCUT2D eigenvalue weighted by atomic mass is 9.99. The fraction of sp³-hybridized carbons (Fsp3) is 0.385. The first-order chi connectivity index (χ1) is 8.76. The fourth-order valence-electron chi connectivity index (χ4n) is 2.27. The van der Waals surface area contributed by atoms with E-state index in [1.54, 1.807) is 18.4 Å². The van der Waals surface area contributed by atoms with Gasteiger partial charge in [0.25, 0.3) is 5.89 Å². The SMILES string of the molecule is NC1(c2noc(/C=C/c3ccco3)n2)CCCC1. The van der Waals surface area contributed by atoms with Crippen LogP contribution in [-0.2, 0) is 5.54 Å². The van der Waals surface area contributed by atoms with Crippen molar-refractivity contribution in [2.75, 3.05) is 0 Å². The van der Waals surface area contributed by atoms with E-state index in [4.69, 9.17) is 14.7 Å². The van der Waals surface area contributed by atoms with E-state index in [9.17, 15) is 0 Å². The Bertz CT molecular complexity index is 536. The number of rotatable bonds is 3. The molecule has 2 heterocycles. The second-order valence-corrected chi connectivity index (χ2v) is 4.67. The zero-order valence-corrected chi connectivity index (χ0v) is 10.0. The van der Waals surface area contributed by atoms with Crippen molar-refractivity contribution in [3.63, 3.8) is 0 Å². The highest BCUT2D eigenvalue weighted by atomic mass is 16.5. The third-order valence-electron chi connectivity index (χ3n) is 3.32. The van der Waals surface area contributed by atoms with Gasteiger partial charge >= 0.3 is 0 Å². The Morgan fingerprint density at radius 1 is 1.28 bits per heavy atom. The Kier molecular flexibility index (Phi) is 2.76. The summed E-state index contributed by atoms with van der Waals surface area (Å²) in [5, 5.41) is 3.98. The number of hydrogen-bond donors (Lipinski definition) is 1. The largest absolute Gasteiger partial charge is 0.465 e. The molecular weight excluding hydrogens is 230 g/mol. The molecule has 1 aliphatic carbocycles. The molecule has 1 fully saturated rings. The first kappa shape index (κ1) is 11.2. The van der Waals surface area contributed by atoms with Crippen molar-refractivity contribution in [1.29, 1.82) is 0 Å². The van der Waals surface area contributed by atoms with Crippen LogP contribution in [0.4, 0.5) is 0 Å². The number of hydrogen-bond acceptors (Lipinski definition) is 5.